The summed E-state index contributed by atoms with van der Waals surface area (Å²) in [6.07, 6.45) is 1.70. The van der Waals surface area contributed by atoms with Crippen LogP contribution in [-0.2, 0) is 6.54 Å². The van der Waals surface area contributed by atoms with Gasteiger partial charge in [-0.25, -0.2) is 4.79 Å². The molecule has 0 radical (unpaired) electrons. The molecule has 3 saturated heterocycles. The fourth-order valence-electron chi connectivity index (χ4n) is 4.51. The van der Waals surface area contributed by atoms with Crippen LogP contribution >= 0.6 is 0 Å². The second-order valence-electron chi connectivity index (χ2n) is 8.23. The van der Waals surface area contributed by atoms with E-state index in [4.69, 9.17) is 4.74 Å². The van der Waals surface area contributed by atoms with E-state index in [2.05, 4.69) is 25.7 Å². The number of nitrogens with zero attached hydrogens (tertiary/aromatic N) is 2. The zero-order valence-electron chi connectivity index (χ0n) is 17.1. The van der Waals surface area contributed by atoms with E-state index in [9.17, 15) is 9.59 Å². The van der Waals surface area contributed by atoms with Crippen molar-refractivity contribution in [2.75, 3.05) is 19.6 Å². The van der Waals surface area contributed by atoms with E-state index in [0.29, 0.717) is 29.3 Å². The second kappa shape index (κ2) is 8.39. The van der Waals surface area contributed by atoms with Gasteiger partial charge in [-0.2, -0.15) is 5.10 Å². The lowest BCUT2D eigenvalue weighted by atomic mass is 9.84. The first-order chi connectivity index (χ1) is 15.2. The van der Waals surface area contributed by atoms with Crippen LogP contribution in [0.2, 0.25) is 0 Å². The standard InChI is InChI=1S/C23H25N5O3/c29-22(25-20-14-28-10-8-16(20)9-11-28)21-18-12-17(6-7-19(18)26-27-21)31-23(30)24-13-15-4-2-1-3-5-15/h1-7,12,16,20H,8-11,13-14H2,(H,24,30)(H,25,29)(H,26,27)/t20-/m1/s1. The number of amides is 2. The molecule has 2 bridgehead atoms. The van der Waals surface area contributed by atoms with Gasteiger partial charge in [0.05, 0.1) is 5.52 Å². The topological polar surface area (TPSA) is 99.3 Å². The second-order valence-corrected chi connectivity index (χ2v) is 8.23. The van der Waals surface area contributed by atoms with E-state index in [1.165, 1.54) is 0 Å². The number of hydrogen-bond donors (Lipinski definition) is 3. The maximum atomic E-state index is 12.9. The zero-order valence-corrected chi connectivity index (χ0v) is 17.1. The molecule has 0 unspecified atom stereocenters. The number of benzene rings is 2. The van der Waals surface area contributed by atoms with Crippen molar-refractivity contribution >= 4 is 22.9 Å². The number of carbonyl (C=O) groups excluding carboxylic acids is 2. The molecular formula is C23H25N5O3. The third-order valence-electron chi connectivity index (χ3n) is 6.21. The van der Waals surface area contributed by atoms with Crippen molar-refractivity contribution in [3.05, 3.63) is 59.8 Å². The lowest BCUT2D eigenvalue weighted by Gasteiger charge is -2.44. The Morgan fingerprint density at radius 1 is 1.13 bits per heavy atom. The molecule has 2 aromatic carbocycles. The first-order valence-corrected chi connectivity index (χ1v) is 10.7. The number of ether oxygens (including phenoxy) is 1. The summed E-state index contributed by atoms with van der Waals surface area (Å²) in [5, 5.41) is 13.6. The normalized spacial score (nSPS) is 22.3. The molecule has 3 fully saturated rings. The van der Waals surface area contributed by atoms with Gasteiger partial charge < -0.3 is 20.3 Å². The van der Waals surface area contributed by atoms with Crippen molar-refractivity contribution in [3.63, 3.8) is 0 Å². The molecule has 0 saturated carbocycles. The third kappa shape index (κ3) is 4.25. The first-order valence-electron chi connectivity index (χ1n) is 10.7. The molecule has 1 aromatic heterocycles. The van der Waals surface area contributed by atoms with Gasteiger partial charge in [0.2, 0.25) is 0 Å². The van der Waals surface area contributed by atoms with Gasteiger partial charge in [0.15, 0.2) is 5.69 Å². The van der Waals surface area contributed by atoms with Crippen molar-refractivity contribution in [2.24, 2.45) is 5.92 Å². The van der Waals surface area contributed by atoms with Crippen LogP contribution in [0, 0.1) is 5.92 Å². The number of H-pyrrole nitrogens is 1. The van der Waals surface area contributed by atoms with Gasteiger partial charge in [-0.05, 0) is 55.6 Å². The maximum absolute atomic E-state index is 12.9. The summed E-state index contributed by atoms with van der Waals surface area (Å²) in [5.41, 5.74) is 2.02. The van der Waals surface area contributed by atoms with E-state index >= 15 is 0 Å². The minimum Gasteiger partial charge on any atom is -0.410 e. The molecule has 8 heteroatoms. The number of aromatic nitrogens is 2. The monoisotopic (exact) mass is 419 g/mol. The van der Waals surface area contributed by atoms with Crippen molar-refractivity contribution in [2.45, 2.75) is 25.4 Å². The van der Waals surface area contributed by atoms with Gasteiger partial charge in [0.25, 0.3) is 5.91 Å². The number of aromatic amines is 1. The van der Waals surface area contributed by atoms with Crippen molar-refractivity contribution < 1.29 is 14.3 Å². The highest BCUT2D eigenvalue weighted by molar-refractivity contribution is 6.05. The highest BCUT2D eigenvalue weighted by Crippen LogP contribution is 2.28. The van der Waals surface area contributed by atoms with Crippen molar-refractivity contribution in [1.82, 2.24) is 25.7 Å². The highest BCUT2D eigenvalue weighted by Gasteiger charge is 2.35. The van der Waals surface area contributed by atoms with Gasteiger partial charge >= 0.3 is 6.09 Å². The van der Waals surface area contributed by atoms with E-state index in [1.54, 1.807) is 18.2 Å². The van der Waals surface area contributed by atoms with Crippen LogP contribution in [0.3, 0.4) is 0 Å². The molecule has 0 aliphatic carbocycles. The van der Waals surface area contributed by atoms with E-state index in [0.717, 1.165) is 43.6 Å². The minimum absolute atomic E-state index is 0.157. The summed E-state index contributed by atoms with van der Waals surface area (Å²) >= 11 is 0. The Labute approximate surface area is 180 Å². The van der Waals surface area contributed by atoms with Crippen LogP contribution in [-0.4, -0.2) is 52.8 Å². The Bertz CT molecular complexity index is 1090. The Hall–Kier alpha value is -3.39. The molecule has 1 atom stereocenters. The highest BCUT2D eigenvalue weighted by atomic mass is 16.6. The quantitative estimate of drug-likeness (QED) is 0.591. The molecule has 3 aliphatic rings. The van der Waals surface area contributed by atoms with E-state index < -0.39 is 6.09 Å². The Morgan fingerprint density at radius 3 is 2.68 bits per heavy atom. The van der Waals surface area contributed by atoms with Gasteiger partial charge in [0, 0.05) is 24.5 Å². The Kier molecular flexibility index (Phi) is 5.30. The number of hydrogen-bond acceptors (Lipinski definition) is 5. The average Bonchev–Trinajstić information content (AvgIpc) is 3.23. The average molecular weight is 419 g/mol. The number of piperidine rings is 3. The summed E-state index contributed by atoms with van der Waals surface area (Å²) in [6, 6.07) is 14.9. The van der Waals surface area contributed by atoms with Crippen LogP contribution in [0.4, 0.5) is 4.79 Å². The zero-order chi connectivity index (χ0) is 21.2. The lowest BCUT2D eigenvalue weighted by Crippen LogP contribution is -2.57. The molecule has 2 amide bonds. The van der Waals surface area contributed by atoms with Crippen LogP contribution in [0.25, 0.3) is 10.9 Å². The Morgan fingerprint density at radius 2 is 1.94 bits per heavy atom. The molecule has 160 valence electrons. The number of fused-ring (bicyclic) bond motifs is 4. The lowest BCUT2D eigenvalue weighted by molar-refractivity contribution is 0.0618. The van der Waals surface area contributed by atoms with Crippen LogP contribution < -0.4 is 15.4 Å². The summed E-state index contributed by atoms with van der Waals surface area (Å²) in [5.74, 6) is 0.693. The van der Waals surface area contributed by atoms with Crippen molar-refractivity contribution in [3.8, 4) is 5.75 Å². The van der Waals surface area contributed by atoms with Crippen LogP contribution in [0.5, 0.6) is 5.75 Å². The summed E-state index contributed by atoms with van der Waals surface area (Å²) in [7, 11) is 0. The largest absolute Gasteiger partial charge is 0.412 e. The van der Waals surface area contributed by atoms with Crippen LogP contribution in [0.1, 0.15) is 28.9 Å². The fourth-order valence-corrected chi connectivity index (χ4v) is 4.51. The predicted molar refractivity (Wildman–Crippen MR) is 116 cm³/mol. The number of rotatable bonds is 5. The molecule has 8 nitrogen and oxygen atoms in total. The molecule has 3 aliphatic heterocycles. The van der Waals surface area contributed by atoms with Gasteiger partial charge in [-0.1, -0.05) is 30.3 Å². The van der Waals surface area contributed by atoms with Gasteiger partial charge in [-0.3, -0.25) is 9.89 Å². The summed E-state index contributed by atoms with van der Waals surface area (Å²) in [4.78, 5) is 27.5. The minimum atomic E-state index is -0.551. The Balaban J connectivity index is 1.25. The molecule has 6 rings (SSSR count). The molecular weight excluding hydrogens is 394 g/mol. The van der Waals surface area contributed by atoms with Gasteiger partial charge in [-0.15, -0.1) is 0 Å². The fraction of sp³-hybridized carbons (Fsp3) is 0.348. The maximum Gasteiger partial charge on any atom is 0.412 e. The molecule has 0 spiro atoms. The summed E-state index contributed by atoms with van der Waals surface area (Å²) < 4.78 is 5.41. The van der Waals surface area contributed by atoms with Crippen molar-refractivity contribution in [1.29, 1.82) is 0 Å². The molecule has 3 aromatic rings. The van der Waals surface area contributed by atoms with Gasteiger partial charge in [0.1, 0.15) is 5.75 Å². The molecule has 31 heavy (non-hydrogen) atoms. The summed E-state index contributed by atoms with van der Waals surface area (Å²) in [6.45, 7) is 3.51. The number of carbonyl (C=O) groups is 2. The molecule has 3 N–H and O–H groups in total. The number of nitrogens with one attached hydrogen (secondary N) is 3. The first kappa shape index (κ1) is 19.6. The smallest absolute Gasteiger partial charge is 0.410 e. The third-order valence-corrected chi connectivity index (χ3v) is 6.21. The van der Waals surface area contributed by atoms with E-state index in [1.807, 2.05) is 30.3 Å². The van der Waals surface area contributed by atoms with E-state index in [-0.39, 0.29) is 11.9 Å². The predicted octanol–water partition coefficient (Wildman–Crippen LogP) is 2.68. The SMILES string of the molecule is O=C(NCc1ccccc1)Oc1ccc2[nH]nc(C(=O)N[C@@H]3CN4CCC3CC4)c2c1. The van der Waals surface area contributed by atoms with Crippen LogP contribution in [0.15, 0.2) is 48.5 Å². The molecule has 4 heterocycles.